The summed E-state index contributed by atoms with van der Waals surface area (Å²) < 4.78 is 1.91. The lowest BCUT2D eigenvalue weighted by Gasteiger charge is -2.18. The molecule has 2 aromatic carbocycles. The second-order valence-electron chi connectivity index (χ2n) is 7.22. The van der Waals surface area contributed by atoms with Gasteiger partial charge in [0.05, 0.1) is 5.69 Å². The van der Waals surface area contributed by atoms with Crippen molar-refractivity contribution < 1.29 is 0 Å². The maximum Gasteiger partial charge on any atom is 0.0720 e. The predicted octanol–water partition coefficient (Wildman–Crippen LogP) is 5.65. The molecule has 0 aliphatic rings. The van der Waals surface area contributed by atoms with Crippen molar-refractivity contribution in [2.24, 2.45) is 0 Å². The summed E-state index contributed by atoms with van der Waals surface area (Å²) in [5.74, 6) is 0. The van der Waals surface area contributed by atoms with E-state index in [1.165, 1.54) is 16.7 Å². The molecule has 3 rings (SSSR count). The first-order valence-electron chi connectivity index (χ1n) is 8.33. The lowest BCUT2D eigenvalue weighted by Crippen LogP contribution is -2.10. The minimum atomic E-state index is 0.187. The summed E-state index contributed by atoms with van der Waals surface area (Å²) in [6, 6.07) is 17.2. The Labute approximate surface area is 144 Å². The van der Waals surface area contributed by atoms with Gasteiger partial charge in [0.1, 0.15) is 0 Å². The molecule has 0 spiro atoms. The third kappa shape index (κ3) is 3.65. The van der Waals surface area contributed by atoms with Gasteiger partial charge in [0.15, 0.2) is 0 Å². The second kappa shape index (κ2) is 6.48. The summed E-state index contributed by atoms with van der Waals surface area (Å²) in [5.41, 5.74) is 6.23. The summed E-state index contributed by atoms with van der Waals surface area (Å²) in [6.07, 6.45) is 8.10. The van der Waals surface area contributed by atoms with Crippen LogP contribution < -0.4 is 0 Å². The van der Waals surface area contributed by atoms with Crippen molar-refractivity contribution in [1.29, 1.82) is 0 Å². The first kappa shape index (κ1) is 16.3. The molecule has 0 unspecified atom stereocenters. The highest BCUT2D eigenvalue weighted by atomic mass is 15.3. The van der Waals surface area contributed by atoms with E-state index in [4.69, 9.17) is 0 Å². The van der Waals surface area contributed by atoms with E-state index in [2.05, 4.69) is 87.4 Å². The molecule has 0 aliphatic carbocycles. The molecule has 0 amide bonds. The van der Waals surface area contributed by atoms with Gasteiger partial charge in [-0.3, -0.25) is 0 Å². The van der Waals surface area contributed by atoms with Gasteiger partial charge in [0.25, 0.3) is 0 Å². The molecule has 2 heteroatoms. The lowest BCUT2D eigenvalue weighted by molar-refractivity contribution is 0.590. The van der Waals surface area contributed by atoms with E-state index in [1.807, 2.05) is 16.9 Å². The Balaban J connectivity index is 1.90. The zero-order chi connectivity index (χ0) is 17.2. The molecule has 0 fully saturated rings. The van der Waals surface area contributed by atoms with E-state index in [-0.39, 0.29) is 5.41 Å². The number of hydrogen-bond acceptors (Lipinski definition) is 1. The molecular formula is C22H24N2. The molecule has 0 atom stereocenters. The second-order valence-corrected chi connectivity index (χ2v) is 7.22. The van der Waals surface area contributed by atoms with E-state index in [0.29, 0.717) is 0 Å². The topological polar surface area (TPSA) is 17.8 Å². The van der Waals surface area contributed by atoms with Crippen LogP contribution in [0.1, 0.15) is 43.0 Å². The molecule has 0 saturated heterocycles. The average Bonchev–Trinajstić information content (AvgIpc) is 3.07. The van der Waals surface area contributed by atoms with Crippen LogP contribution in [0.25, 0.3) is 17.8 Å². The van der Waals surface area contributed by atoms with Crippen LogP contribution in [0, 0.1) is 6.92 Å². The Morgan fingerprint density at radius 3 is 2.33 bits per heavy atom. The highest BCUT2D eigenvalue weighted by Gasteiger charge is 2.12. The van der Waals surface area contributed by atoms with Gasteiger partial charge < -0.3 is 0 Å². The van der Waals surface area contributed by atoms with E-state index in [9.17, 15) is 0 Å². The van der Waals surface area contributed by atoms with Gasteiger partial charge >= 0.3 is 0 Å². The van der Waals surface area contributed by atoms with E-state index in [1.54, 1.807) is 6.20 Å². The van der Waals surface area contributed by atoms with Crippen LogP contribution in [0.3, 0.4) is 0 Å². The number of benzene rings is 2. The van der Waals surface area contributed by atoms with Crippen LogP contribution in [0.2, 0.25) is 0 Å². The van der Waals surface area contributed by atoms with Crippen molar-refractivity contribution in [2.45, 2.75) is 33.1 Å². The van der Waals surface area contributed by atoms with E-state index < -0.39 is 0 Å². The van der Waals surface area contributed by atoms with Gasteiger partial charge in [0.2, 0.25) is 0 Å². The Hall–Kier alpha value is -2.61. The summed E-state index contributed by atoms with van der Waals surface area (Å²) in [7, 11) is 0. The van der Waals surface area contributed by atoms with E-state index in [0.717, 1.165) is 11.3 Å². The van der Waals surface area contributed by atoms with E-state index >= 15 is 0 Å². The highest BCUT2D eigenvalue weighted by molar-refractivity contribution is 5.74. The van der Waals surface area contributed by atoms with Gasteiger partial charge in [-0.15, -0.1) is 0 Å². The highest BCUT2D eigenvalue weighted by Crippen LogP contribution is 2.23. The van der Waals surface area contributed by atoms with Crippen molar-refractivity contribution in [3.63, 3.8) is 0 Å². The van der Waals surface area contributed by atoms with Gasteiger partial charge in [-0.2, -0.15) is 5.10 Å². The van der Waals surface area contributed by atoms with Crippen LogP contribution in [-0.2, 0) is 5.41 Å². The molecule has 0 radical (unpaired) electrons. The van der Waals surface area contributed by atoms with Gasteiger partial charge in [-0.25, -0.2) is 4.68 Å². The smallest absolute Gasteiger partial charge is 0.0720 e. The van der Waals surface area contributed by atoms with Crippen molar-refractivity contribution in [3.8, 4) is 5.69 Å². The SMILES string of the molecule is Cc1ccc(/C=C/c2ccc(C(C)(C)C)cc2)c(-n2cccn2)c1. The quantitative estimate of drug-likeness (QED) is 0.571. The number of aromatic nitrogens is 2. The predicted molar refractivity (Wildman–Crippen MR) is 102 cm³/mol. The number of nitrogens with zero attached hydrogens (tertiary/aromatic N) is 2. The molecule has 0 N–H and O–H groups in total. The number of aryl methyl sites for hydroxylation is 1. The third-order valence-electron chi connectivity index (χ3n) is 4.17. The fraction of sp³-hybridized carbons (Fsp3) is 0.227. The first-order valence-corrected chi connectivity index (χ1v) is 8.33. The summed E-state index contributed by atoms with van der Waals surface area (Å²) in [4.78, 5) is 0. The molecule has 0 aliphatic heterocycles. The van der Waals surface area contributed by atoms with Gasteiger partial charge in [-0.05, 0) is 41.2 Å². The zero-order valence-corrected chi connectivity index (χ0v) is 14.8. The normalized spacial score (nSPS) is 12.0. The summed E-state index contributed by atoms with van der Waals surface area (Å²) in [6.45, 7) is 8.81. The minimum Gasteiger partial charge on any atom is -0.240 e. The summed E-state index contributed by atoms with van der Waals surface area (Å²) in [5, 5.41) is 4.36. The molecule has 1 aromatic heterocycles. The van der Waals surface area contributed by atoms with Gasteiger partial charge in [0, 0.05) is 18.0 Å². The fourth-order valence-corrected chi connectivity index (χ4v) is 2.68. The Morgan fingerprint density at radius 2 is 1.71 bits per heavy atom. The van der Waals surface area contributed by atoms with Crippen molar-refractivity contribution in [1.82, 2.24) is 9.78 Å². The number of rotatable bonds is 3. The lowest BCUT2D eigenvalue weighted by atomic mass is 9.87. The Bertz CT molecular complexity index is 833. The van der Waals surface area contributed by atoms with Crippen molar-refractivity contribution >= 4 is 12.2 Å². The van der Waals surface area contributed by atoms with Crippen LogP contribution in [0.5, 0.6) is 0 Å². The largest absolute Gasteiger partial charge is 0.240 e. The molecule has 0 bridgehead atoms. The fourth-order valence-electron chi connectivity index (χ4n) is 2.68. The molecule has 24 heavy (non-hydrogen) atoms. The average molecular weight is 316 g/mol. The van der Waals surface area contributed by atoms with Crippen LogP contribution >= 0.6 is 0 Å². The Morgan fingerprint density at radius 1 is 0.958 bits per heavy atom. The standard InChI is InChI=1S/C22H24N2/c1-17-6-10-19(21(16-17)24-15-5-14-23-24)11-7-18-8-12-20(13-9-18)22(2,3)4/h5-16H,1-4H3/b11-7+. The monoisotopic (exact) mass is 316 g/mol. The van der Waals surface area contributed by atoms with Crippen molar-refractivity contribution in [2.75, 3.05) is 0 Å². The molecule has 3 aromatic rings. The van der Waals surface area contributed by atoms with Crippen molar-refractivity contribution in [3.05, 3.63) is 83.2 Å². The third-order valence-corrected chi connectivity index (χ3v) is 4.17. The minimum absolute atomic E-state index is 0.187. The summed E-state index contributed by atoms with van der Waals surface area (Å²) >= 11 is 0. The molecule has 2 nitrogen and oxygen atoms in total. The van der Waals surface area contributed by atoms with Gasteiger partial charge in [-0.1, -0.05) is 69.3 Å². The molecule has 0 saturated carbocycles. The molecule has 122 valence electrons. The van der Waals surface area contributed by atoms with Crippen LogP contribution in [-0.4, -0.2) is 9.78 Å². The first-order chi connectivity index (χ1) is 11.4. The van der Waals surface area contributed by atoms with Crippen LogP contribution in [0.4, 0.5) is 0 Å². The number of hydrogen-bond donors (Lipinski definition) is 0. The maximum absolute atomic E-state index is 4.36. The van der Waals surface area contributed by atoms with Crippen LogP contribution in [0.15, 0.2) is 60.9 Å². The molecular weight excluding hydrogens is 292 g/mol. The maximum atomic E-state index is 4.36. The Kier molecular flexibility index (Phi) is 4.39. The zero-order valence-electron chi connectivity index (χ0n) is 14.8. The molecule has 1 heterocycles.